The van der Waals surface area contributed by atoms with E-state index in [4.69, 9.17) is 17.3 Å². The number of nitrogens with two attached hydrogens (primary N) is 1. The van der Waals surface area contributed by atoms with E-state index in [0.717, 1.165) is 43.5 Å². The van der Waals surface area contributed by atoms with E-state index in [1.807, 2.05) is 14.0 Å². The molecule has 0 spiro atoms. The summed E-state index contributed by atoms with van der Waals surface area (Å²) in [5, 5.41) is 5.02. The van der Waals surface area contributed by atoms with E-state index in [1.54, 1.807) is 4.68 Å². The molecule has 0 unspecified atom stereocenters. The Morgan fingerprint density at radius 3 is 2.55 bits per heavy atom. The van der Waals surface area contributed by atoms with Crippen LogP contribution in [0.5, 0.6) is 0 Å². The van der Waals surface area contributed by atoms with Gasteiger partial charge in [0.1, 0.15) is 5.78 Å². The number of ketones is 1. The van der Waals surface area contributed by atoms with Crippen molar-refractivity contribution in [3.8, 4) is 0 Å². The lowest BCUT2D eigenvalue weighted by molar-refractivity contribution is -0.129. The van der Waals surface area contributed by atoms with Gasteiger partial charge in [-0.2, -0.15) is 5.10 Å². The van der Waals surface area contributed by atoms with Crippen molar-refractivity contribution in [2.45, 2.75) is 51.9 Å². The molecule has 5 heteroatoms. The van der Waals surface area contributed by atoms with Crippen molar-refractivity contribution < 1.29 is 4.79 Å². The van der Waals surface area contributed by atoms with E-state index >= 15 is 0 Å². The summed E-state index contributed by atoms with van der Waals surface area (Å²) >= 11 is 6.33. The lowest BCUT2D eigenvalue weighted by Crippen LogP contribution is -2.41. The number of rotatable bonds is 5. The monoisotopic (exact) mass is 297 g/mol. The fourth-order valence-corrected chi connectivity index (χ4v) is 3.54. The Labute approximate surface area is 125 Å². The van der Waals surface area contributed by atoms with Crippen LogP contribution in [-0.2, 0) is 24.7 Å². The molecule has 2 N–H and O–H groups in total. The Kier molecular flexibility index (Phi) is 4.86. The van der Waals surface area contributed by atoms with E-state index in [-0.39, 0.29) is 11.2 Å². The highest BCUT2D eigenvalue weighted by molar-refractivity contribution is 6.32. The standard InChI is InChI=1S/C15H24ClN3O/c1-3-11-14(16)12(19(2)18-11)9-13(20)15(10-17)7-5-4-6-8-15/h3-10,17H2,1-2H3. The van der Waals surface area contributed by atoms with Gasteiger partial charge >= 0.3 is 0 Å². The minimum atomic E-state index is -0.335. The van der Waals surface area contributed by atoms with Crippen molar-refractivity contribution in [3.63, 3.8) is 0 Å². The molecule has 0 saturated heterocycles. The first kappa shape index (κ1) is 15.5. The van der Waals surface area contributed by atoms with Gasteiger partial charge in [0.25, 0.3) is 0 Å². The first-order valence-corrected chi connectivity index (χ1v) is 7.85. The van der Waals surface area contributed by atoms with Crippen molar-refractivity contribution in [1.29, 1.82) is 0 Å². The summed E-state index contributed by atoms with van der Waals surface area (Å²) in [4.78, 5) is 12.7. The van der Waals surface area contributed by atoms with Crippen molar-refractivity contribution in [2.75, 3.05) is 6.54 Å². The third kappa shape index (κ3) is 2.77. The maximum Gasteiger partial charge on any atom is 0.146 e. The predicted octanol–water partition coefficient (Wildman–Crippen LogP) is 2.66. The van der Waals surface area contributed by atoms with Crippen LogP contribution in [0.4, 0.5) is 0 Å². The van der Waals surface area contributed by atoms with Crippen LogP contribution in [0.25, 0.3) is 0 Å². The molecule has 0 atom stereocenters. The maximum absolute atomic E-state index is 12.7. The van der Waals surface area contributed by atoms with Crippen molar-refractivity contribution >= 4 is 17.4 Å². The van der Waals surface area contributed by atoms with Gasteiger partial charge < -0.3 is 5.73 Å². The zero-order valence-electron chi connectivity index (χ0n) is 12.4. The summed E-state index contributed by atoms with van der Waals surface area (Å²) < 4.78 is 1.74. The fourth-order valence-electron chi connectivity index (χ4n) is 3.18. The molecule has 20 heavy (non-hydrogen) atoms. The van der Waals surface area contributed by atoms with Crippen LogP contribution in [0.15, 0.2) is 0 Å². The average molecular weight is 298 g/mol. The summed E-state index contributed by atoms with van der Waals surface area (Å²) in [6, 6.07) is 0. The molecule has 1 heterocycles. The third-order valence-corrected chi connectivity index (χ3v) is 5.06. The molecule has 0 amide bonds. The second-order valence-corrected chi connectivity index (χ2v) is 6.21. The lowest BCUT2D eigenvalue weighted by Gasteiger charge is -2.34. The molecule has 0 radical (unpaired) electrons. The zero-order valence-corrected chi connectivity index (χ0v) is 13.2. The highest BCUT2D eigenvalue weighted by Gasteiger charge is 2.38. The summed E-state index contributed by atoms with van der Waals surface area (Å²) in [6.07, 6.45) is 6.37. The number of Topliss-reactive ketones (excluding diaryl/α,β-unsaturated/α-hetero) is 1. The number of carbonyl (C=O) groups is 1. The smallest absolute Gasteiger partial charge is 0.146 e. The Morgan fingerprint density at radius 1 is 1.40 bits per heavy atom. The molecule has 112 valence electrons. The number of hydrogen-bond donors (Lipinski definition) is 1. The van der Waals surface area contributed by atoms with Crippen molar-refractivity contribution in [1.82, 2.24) is 9.78 Å². The molecule has 0 aliphatic heterocycles. The van der Waals surface area contributed by atoms with Crippen LogP contribution >= 0.6 is 11.6 Å². The third-order valence-electron chi connectivity index (χ3n) is 4.62. The topological polar surface area (TPSA) is 60.9 Å². The SMILES string of the molecule is CCc1nn(C)c(CC(=O)C2(CN)CCCCC2)c1Cl. The molecule has 1 fully saturated rings. The minimum Gasteiger partial charge on any atom is -0.329 e. The van der Waals surface area contributed by atoms with E-state index in [9.17, 15) is 4.79 Å². The summed E-state index contributed by atoms with van der Waals surface area (Å²) in [5.41, 5.74) is 7.28. The molecule has 2 rings (SSSR count). The second kappa shape index (κ2) is 6.27. The van der Waals surface area contributed by atoms with Gasteiger partial charge in [0.15, 0.2) is 0 Å². The first-order chi connectivity index (χ1) is 9.54. The molecule has 0 bridgehead atoms. The molecule has 1 aliphatic rings. The van der Waals surface area contributed by atoms with E-state index < -0.39 is 0 Å². The van der Waals surface area contributed by atoms with Gasteiger partial charge in [0.05, 0.1) is 22.8 Å². The highest BCUT2D eigenvalue weighted by atomic mass is 35.5. The van der Waals surface area contributed by atoms with Gasteiger partial charge in [-0.05, 0) is 19.3 Å². The van der Waals surface area contributed by atoms with E-state index in [2.05, 4.69) is 5.10 Å². The summed E-state index contributed by atoms with van der Waals surface area (Å²) in [6.45, 7) is 2.46. The quantitative estimate of drug-likeness (QED) is 0.909. The number of nitrogens with zero attached hydrogens (tertiary/aromatic N) is 2. The minimum absolute atomic E-state index is 0.229. The molecule has 4 nitrogen and oxygen atoms in total. The van der Waals surface area contributed by atoms with Gasteiger partial charge in [-0.25, -0.2) is 0 Å². The number of aromatic nitrogens is 2. The van der Waals surface area contributed by atoms with Crippen LogP contribution in [0, 0.1) is 5.41 Å². The summed E-state index contributed by atoms with van der Waals surface area (Å²) in [5.74, 6) is 0.229. The average Bonchev–Trinajstić information content (AvgIpc) is 2.75. The number of aryl methyl sites for hydroxylation is 2. The maximum atomic E-state index is 12.7. The van der Waals surface area contributed by atoms with Crippen LogP contribution in [0.2, 0.25) is 5.02 Å². The molecule has 1 aliphatic carbocycles. The van der Waals surface area contributed by atoms with E-state index in [1.165, 1.54) is 6.42 Å². The van der Waals surface area contributed by atoms with Crippen LogP contribution in [0.1, 0.15) is 50.4 Å². The normalized spacial score (nSPS) is 18.2. The number of carbonyl (C=O) groups excluding carboxylic acids is 1. The van der Waals surface area contributed by atoms with Gasteiger partial charge in [0, 0.05) is 19.0 Å². The highest BCUT2D eigenvalue weighted by Crippen LogP contribution is 2.37. The van der Waals surface area contributed by atoms with Gasteiger partial charge in [0.2, 0.25) is 0 Å². The predicted molar refractivity (Wildman–Crippen MR) is 80.9 cm³/mol. The Hall–Kier alpha value is -0.870. The zero-order chi connectivity index (χ0) is 14.8. The Bertz CT molecular complexity index is 490. The molecule has 1 aromatic rings. The lowest BCUT2D eigenvalue weighted by atomic mass is 9.70. The number of hydrogen-bond acceptors (Lipinski definition) is 3. The molecule has 1 aromatic heterocycles. The Morgan fingerprint density at radius 2 is 2.05 bits per heavy atom. The molecular weight excluding hydrogens is 274 g/mol. The van der Waals surface area contributed by atoms with Crippen molar-refractivity contribution in [3.05, 3.63) is 16.4 Å². The van der Waals surface area contributed by atoms with Gasteiger partial charge in [-0.3, -0.25) is 9.48 Å². The largest absolute Gasteiger partial charge is 0.329 e. The second-order valence-electron chi connectivity index (χ2n) is 5.83. The van der Waals surface area contributed by atoms with Gasteiger partial charge in [-0.15, -0.1) is 0 Å². The van der Waals surface area contributed by atoms with Crippen LogP contribution in [0.3, 0.4) is 0 Å². The van der Waals surface area contributed by atoms with Crippen LogP contribution in [-0.4, -0.2) is 22.1 Å². The van der Waals surface area contributed by atoms with E-state index in [0.29, 0.717) is 18.0 Å². The molecule has 0 aromatic carbocycles. The molecule has 1 saturated carbocycles. The van der Waals surface area contributed by atoms with Crippen LogP contribution < -0.4 is 5.73 Å². The summed E-state index contributed by atoms with van der Waals surface area (Å²) in [7, 11) is 1.85. The van der Waals surface area contributed by atoms with Gasteiger partial charge in [-0.1, -0.05) is 37.8 Å². The molecular formula is C15H24ClN3O. The first-order valence-electron chi connectivity index (χ1n) is 7.47. The fraction of sp³-hybridized carbons (Fsp3) is 0.733. The van der Waals surface area contributed by atoms with Crippen molar-refractivity contribution in [2.24, 2.45) is 18.2 Å². The Balaban J connectivity index is 2.20. The number of halogens is 1.